The van der Waals surface area contributed by atoms with Crippen LogP contribution in [0.15, 0.2) is 24.3 Å². The van der Waals surface area contributed by atoms with E-state index in [-0.39, 0.29) is 31.1 Å². The number of ether oxygens (including phenoxy) is 1. The number of carbonyl (C=O) groups is 3. The quantitative estimate of drug-likeness (QED) is 0.647. The molecule has 2 unspecified atom stereocenters. The Labute approximate surface area is 212 Å². The van der Waals surface area contributed by atoms with Crippen LogP contribution in [0, 0.1) is 5.92 Å². The van der Waals surface area contributed by atoms with Crippen molar-refractivity contribution in [2.24, 2.45) is 5.92 Å². The summed E-state index contributed by atoms with van der Waals surface area (Å²) >= 11 is 12.0. The van der Waals surface area contributed by atoms with Crippen molar-refractivity contribution < 1.29 is 24.2 Å². The van der Waals surface area contributed by atoms with Crippen LogP contribution < -0.4 is 0 Å². The van der Waals surface area contributed by atoms with Crippen molar-refractivity contribution in [3.8, 4) is 0 Å². The van der Waals surface area contributed by atoms with E-state index >= 15 is 0 Å². The van der Waals surface area contributed by atoms with Gasteiger partial charge in [0.1, 0.15) is 6.61 Å². The fourth-order valence-electron chi connectivity index (χ4n) is 5.50. The fourth-order valence-corrected chi connectivity index (χ4v) is 6.07. The molecule has 1 aromatic heterocycles. The smallest absolute Gasteiger partial charge is 0.410 e. The highest BCUT2D eigenvalue weighted by Gasteiger charge is 2.46. The van der Waals surface area contributed by atoms with Crippen molar-refractivity contribution >= 4 is 41.2 Å². The number of rotatable bonds is 4. The summed E-state index contributed by atoms with van der Waals surface area (Å²) in [5, 5.41) is 14.9. The molecular formula is C24H26Cl2N4O5. The third-order valence-electron chi connectivity index (χ3n) is 7.09. The number of carbonyl (C=O) groups excluding carboxylic acids is 2. The summed E-state index contributed by atoms with van der Waals surface area (Å²) in [5.41, 5.74) is 1.81. The van der Waals surface area contributed by atoms with E-state index in [0.717, 1.165) is 18.5 Å². The molecule has 2 fully saturated rings. The lowest BCUT2D eigenvalue weighted by Crippen LogP contribution is -2.48. The van der Waals surface area contributed by atoms with E-state index in [1.54, 1.807) is 33.8 Å². The van der Waals surface area contributed by atoms with E-state index in [1.807, 2.05) is 4.90 Å². The van der Waals surface area contributed by atoms with Crippen LogP contribution in [0.2, 0.25) is 10.0 Å². The zero-order valence-electron chi connectivity index (χ0n) is 19.0. The molecule has 0 radical (unpaired) electrons. The second-order valence-corrected chi connectivity index (χ2v) is 10.3. The van der Waals surface area contributed by atoms with Gasteiger partial charge in [0.2, 0.25) is 0 Å². The Morgan fingerprint density at radius 1 is 1.03 bits per heavy atom. The lowest BCUT2D eigenvalue weighted by molar-refractivity contribution is -0.144. The summed E-state index contributed by atoms with van der Waals surface area (Å²) < 4.78 is 7.26. The average Bonchev–Trinajstić information content (AvgIpc) is 3.24. The van der Waals surface area contributed by atoms with Gasteiger partial charge in [-0.15, -0.1) is 0 Å². The molecule has 1 N–H and O–H groups in total. The van der Waals surface area contributed by atoms with Gasteiger partial charge in [0, 0.05) is 35.2 Å². The lowest BCUT2D eigenvalue weighted by Gasteiger charge is -2.37. The standard InChI is InChI=1S/C24H26Cl2N4O5/c25-16-6-14(7-17(26)10-16)13-35-24(34)28-4-1-5-29-20(12-28)11-21(27-29)22(31)30-18-2-3-19(30)9-15(8-18)23(32)33/h6-7,10-11,15,18-19H,1-5,8-9,12-13H2,(H,32,33). The molecule has 186 valence electrons. The minimum absolute atomic E-state index is 0.0493. The maximum atomic E-state index is 13.3. The Hall–Kier alpha value is -2.78. The lowest BCUT2D eigenvalue weighted by atomic mass is 9.90. The molecule has 35 heavy (non-hydrogen) atoms. The van der Waals surface area contributed by atoms with Crippen LogP contribution in [0.5, 0.6) is 0 Å². The summed E-state index contributed by atoms with van der Waals surface area (Å²) in [4.78, 5) is 41.0. The number of halogens is 2. The highest BCUT2D eigenvalue weighted by molar-refractivity contribution is 6.34. The molecular weight excluding hydrogens is 495 g/mol. The summed E-state index contributed by atoms with van der Waals surface area (Å²) in [7, 11) is 0. The first-order chi connectivity index (χ1) is 16.8. The van der Waals surface area contributed by atoms with Crippen molar-refractivity contribution in [3.63, 3.8) is 0 Å². The van der Waals surface area contributed by atoms with E-state index in [4.69, 9.17) is 27.9 Å². The van der Waals surface area contributed by atoms with Crippen LogP contribution in [0.1, 0.15) is 53.8 Å². The van der Waals surface area contributed by atoms with E-state index in [0.29, 0.717) is 53.7 Å². The fraction of sp³-hybridized carbons (Fsp3) is 0.500. The van der Waals surface area contributed by atoms with Crippen LogP contribution in [0.25, 0.3) is 0 Å². The van der Waals surface area contributed by atoms with Crippen molar-refractivity contribution in [2.75, 3.05) is 6.54 Å². The van der Waals surface area contributed by atoms with E-state index < -0.39 is 18.0 Å². The highest BCUT2D eigenvalue weighted by Crippen LogP contribution is 2.39. The Morgan fingerprint density at radius 2 is 1.71 bits per heavy atom. The summed E-state index contributed by atoms with van der Waals surface area (Å²) in [6, 6.07) is 6.63. The molecule has 2 bridgehead atoms. The number of hydrogen-bond donors (Lipinski definition) is 1. The number of carboxylic acid groups (broad SMARTS) is 1. The first-order valence-electron chi connectivity index (χ1n) is 11.8. The SMILES string of the molecule is O=C(O)C1CC2CCC(C1)N2C(=O)c1cc2n(n1)CCCN(C(=O)OCc1cc(Cl)cc(Cl)c1)C2. The normalized spacial score (nSPS) is 23.5. The average molecular weight is 521 g/mol. The summed E-state index contributed by atoms with van der Waals surface area (Å²) in [5.74, 6) is -1.33. The van der Waals surface area contributed by atoms with Crippen molar-refractivity contribution in [1.29, 1.82) is 0 Å². The van der Waals surface area contributed by atoms with Gasteiger partial charge in [0.25, 0.3) is 5.91 Å². The number of aromatic nitrogens is 2. The number of carboxylic acids is 1. The van der Waals surface area contributed by atoms with Gasteiger partial charge < -0.3 is 19.6 Å². The van der Waals surface area contributed by atoms with Crippen LogP contribution in [0.4, 0.5) is 4.79 Å². The Morgan fingerprint density at radius 3 is 2.37 bits per heavy atom. The zero-order valence-corrected chi connectivity index (χ0v) is 20.5. The second kappa shape index (κ2) is 9.70. The number of amides is 2. The van der Waals surface area contributed by atoms with Crippen LogP contribution in [0.3, 0.4) is 0 Å². The maximum absolute atomic E-state index is 13.3. The molecule has 3 aliphatic rings. The number of benzene rings is 1. The molecule has 11 heteroatoms. The first-order valence-corrected chi connectivity index (χ1v) is 12.5. The molecule has 2 aromatic rings. The third-order valence-corrected chi connectivity index (χ3v) is 7.53. The molecule has 2 amide bonds. The Bertz CT molecular complexity index is 1130. The van der Waals surface area contributed by atoms with Crippen LogP contribution in [-0.4, -0.2) is 61.3 Å². The number of piperidine rings is 1. The number of aryl methyl sites for hydroxylation is 1. The van der Waals surface area contributed by atoms with Crippen LogP contribution >= 0.6 is 23.2 Å². The van der Waals surface area contributed by atoms with Gasteiger partial charge >= 0.3 is 12.1 Å². The minimum atomic E-state index is -0.784. The van der Waals surface area contributed by atoms with Gasteiger partial charge in [0.05, 0.1) is 18.2 Å². The van der Waals surface area contributed by atoms with E-state index in [1.165, 1.54) is 0 Å². The predicted octanol–water partition coefficient (Wildman–Crippen LogP) is 4.20. The Kier molecular flexibility index (Phi) is 6.63. The highest BCUT2D eigenvalue weighted by atomic mass is 35.5. The first kappa shape index (κ1) is 23.9. The summed E-state index contributed by atoms with van der Waals surface area (Å²) in [6.07, 6.45) is 2.84. The number of hydrogen-bond acceptors (Lipinski definition) is 5. The minimum Gasteiger partial charge on any atom is -0.481 e. The molecule has 9 nitrogen and oxygen atoms in total. The molecule has 1 aromatic carbocycles. The van der Waals surface area contributed by atoms with Gasteiger partial charge in [-0.3, -0.25) is 14.3 Å². The Balaban J connectivity index is 1.25. The van der Waals surface area contributed by atoms with Crippen molar-refractivity contribution in [2.45, 2.75) is 63.9 Å². The second-order valence-electron chi connectivity index (χ2n) is 9.46. The summed E-state index contributed by atoms with van der Waals surface area (Å²) in [6.45, 7) is 1.43. The van der Waals surface area contributed by atoms with E-state index in [9.17, 15) is 19.5 Å². The molecule has 0 aliphatic carbocycles. The monoisotopic (exact) mass is 520 g/mol. The molecule has 2 atom stereocenters. The molecule has 0 spiro atoms. The van der Waals surface area contributed by atoms with Gasteiger partial charge in [-0.1, -0.05) is 23.2 Å². The van der Waals surface area contributed by atoms with Gasteiger partial charge in [-0.25, -0.2) is 4.79 Å². The zero-order chi connectivity index (χ0) is 24.7. The van der Waals surface area contributed by atoms with Gasteiger partial charge in [0.15, 0.2) is 5.69 Å². The molecule has 3 aliphatic heterocycles. The molecule has 2 saturated heterocycles. The molecule has 4 heterocycles. The van der Waals surface area contributed by atoms with Crippen LogP contribution in [-0.2, 0) is 29.2 Å². The number of aliphatic carboxylic acids is 1. The maximum Gasteiger partial charge on any atom is 0.410 e. The van der Waals surface area contributed by atoms with Crippen molar-refractivity contribution in [3.05, 3.63) is 51.3 Å². The molecule has 0 saturated carbocycles. The van der Waals surface area contributed by atoms with Crippen molar-refractivity contribution in [1.82, 2.24) is 19.6 Å². The number of fused-ring (bicyclic) bond motifs is 3. The number of nitrogens with zero attached hydrogens (tertiary/aromatic N) is 4. The topological polar surface area (TPSA) is 105 Å². The largest absolute Gasteiger partial charge is 0.481 e. The van der Waals surface area contributed by atoms with E-state index in [2.05, 4.69) is 5.10 Å². The third kappa shape index (κ3) is 4.97. The van der Waals surface area contributed by atoms with Gasteiger partial charge in [-0.05, 0) is 61.9 Å². The molecule has 5 rings (SSSR count). The predicted molar refractivity (Wildman–Crippen MR) is 127 cm³/mol. The van der Waals surface area contributed by atoms with Gasteiger partial charge in [-0.2, -0.15) is 5.10 Å².